The standard InChI is InChI=1S/C18H25N3O4S/c1-26-10-9-14(12-22)19-16(23)8-7-15-17(24)21(18(25)20-15)11-13-5-3-2-4-6-13/h2-6,14-15,22H,7-12H2,1H3,(H,19,23)(H,20,25)/t14-,15-/m1/s1. The number of aliphatic hydroxyl groups excluding tert-OH is 1. The summed E-state index contributed by atoms with van der Waals surface area (Å²) in [4.78, 5) is 37.7. The summed E-state index contributed by atoms with van der Waals surface area (Å²) in [6.07, 6.45) is 3.01. The van der Waals surface area contributed by atoms with Crippen molar-refractivity contribution in [1.82, 2.24) is 15.5 Å². The van der Waals surface area contributed by atoms with E-state index in [1.165, 1.54) is 4.90 Å². The van der Waals surface area contributed by atoms with E-state index in [0.717, 1.165) is 11.3 Å². The first-order valence-corrected chi connectivity index (χ1v) is 9.99. The first-order valence-electron chi connectivity index (χ1n) is 8.60. The Bertz CT molecular complexity index is 626. The van der Waals surface area contributed by atoms with E-state index >= 15 is 0 Å². The summed E-state index contributed by atoms with van der Waals surface area (Å²) in [6.45, 7) is 0.103. The lowest BCUT2D eigenvalue weighted by molar-refractivity contribution is -0.128. The fourth-order valence-corrected chi connectivity index (χ4v) is 3.25. The van der Waals surface area contributed by atoms with Crippen molar-refractivity contribution in [2.75, 3.05) is 18.6 Å². The number of nitrogens with one attached hydrogen (secondary N) is 2. The Labute approximate surface area is 157 Å². The van der Waals surface area contributed by atoms with Crippen LogP contribution in [0.15, 0.2) is 30.3 Å². The van der Waals surface area contributed by atoms with Crippen LogP contribution in [0.3, 0.4) is 0 Å². The summed E-state index contributed by atoms with van der Waals surface area (Å²) in [6, 6.07) is 7.88. The van der Waals surface area contributed by atoms with E-state index in [0.29, 0.717) is 6.42 Å². The van der Waals surface area contributed by atoms with Crippen LogP contribution in [0.2, 0.25) is 0 Å². The minimum atomic E-state index is -0.685. The Balaban J connectivity index is 1.82. The molecule has 0 radical (unpaired) electrons. The van der Waals surface area contributed by atoms with Crippen molar-refractivity contribution in [3.05, 3.63) is 35.9 Å². The van der Waals surface area contributed by atoms with Gasteiger partial charge in [0, 0.05) is 6.42 Å². The summed E-state index contributed by atoms with van der Waals surface area (Å²) >= 11 is 1.65. The molecule has 3 N–H and O–H groups in total. The van der Waals surface area contributed by atoms with Crippen LogP contribution in [-0.4, -0.2) is 58.6 Å². The number of aliphatic hydroxyl groups is 1. The number of hydrogen-bond acceptors (Lipinski definition) is 5. The highest BCUT2D eigenvalue weighted by Crippen LogP contribution is 2.15. The number of rotatable bonds is 10. The minimum absolute atomic E-state index is 0.115. The molecule has 4 amide bonds. The number of urea groups is 1. The quantitative estimate of drug-likeness (QED) is 0.529. The predicted molar refractivity (Wildman–Crippen MR) is 101 cm³/mol. The van der Waals surface area contributed by atoms with Crippen molar-refractivity contribution in [3.8, 4) is 0 Å². The van der Waals surface area contributed by atoms with Crippen molar-refractivity contribution in [1.29, 1.82) is 0 Å². The summed E-state index contributed by atoms with van der Waals surface area (Å²) in [5, 5.41) is 14.7. The summed E-state index contributed by atoms with van der Waals surface area (Å²) in [5.41, 5.74) is 0.869. The lowest BCUT2D eigenvalue weighted by Crippen LogP contribution is -2.39. The highest BCUT2D eigenvalue weighted by molar-refractivity contribution is 7.98. The van der Waals surface area contributed by atoms with Gasteiger partial charge in [-0.2, -0.15) is 11.8 Å². The van der Waals surface area contributed by atoms with Gasteiger partial charge in [-0.15, -0.1) is 0 Å². The molecule has 0 bridgehead atoms. The molecule has 142 valence electrons. The molecule has 1 aromatic rings. The van der Waals surface area contributed by atoms with Crippen molar-refractivity contribution in [2.45, 2.75) is 37.9 Å². The molecule has 7 nitrogen and oxygen atoms in total. The van der Waals surface area contributed by atoms with Crippen molar-refractivity contribution >= 4 is 29.6 Å². The third-order valence-corrected chi connectivity index (χ3v) is 4.85. The highest BCUT2D eigenvalue weighted by atomic mass is 32.2. The lowest BCUT2D eigenvalue weighted by atomic mass is 10.1. The van der Waals surface area contributed by atoms with Crippen LogP contribution in [0.5, 0.6) is 0 Å². The van der Waals surface area contributed by atoms with Gasteiger partial charge in [0.25, 0.3) is 5.91 Å². The number of imide groups is 1. The van der Waals surface area contributed by atoms with Gasteiger partial charge in [0.1, 0.15) is 6.04 Å². The molecule has 0 unspecified atom stereocenters. The molecule has 1 aliphatic rings. The molecular formula is C18H25N3O4S. The minimum Gasteiger partial charge on any atom is -0.394 e. The predicted octanol–water partition coefficient (Wildman–Crippen LogP) is 1.12. The Morgan fingerprint density at radius 2 is 2.08 bits per heavy atom. The molecule has 26 heavy (non-hydrogen) atoms. The second-order valence-electron chi connectivity index (χ2n) is 6.18. The van der Waals surface area contributed by atoms with Gasteiger partial charge >= 0.3 is 6.03 Å². The van der Waals surface area contributed by atoms with Gasteiger partial charge in [0.05, 0.1) is 19.2 Å². The van der Waals surface area contributed by atoms with Crippen molar-refractivity contribution in [2.24, 2.45) is 0 Å². The molecule has 1 aromatic carbocycles. The first-order chi connectivity index (χ1) is 12.5. The number of nitrogens with zero attached hydrogens (tertiary/aromatic N) is 1. The fraction of sp³-hybridized carbons (Fsp3) is 0.500. The summed E-state index contributed by atoms with van der Waals surface area (Å²) in [7, 11) is 0. The van der Waals surface area contributed by atoms with Crippen LogP contribution in [0.1, 0.15) is 24.8 Å². The number of hydrogen-bond donors (Lipinski definition) is 3. The smallest absolute Gasteiger partial charge is 0.325 e. The number of thioether (sulfide) groups is 1. The molecule has 0 spiro atoms. The second kappa shape index (κ2) is 10.2. The molecule has 1 aliphatic heterocycles. The molecule has 1 saturated heterocycles. The molecule has 0 aliphatic carbocycles. The number of carbonyl (C=O) groups excluding carboxylic acids is 3. The van der Waals surface area contributed by atoms with Crippen LogP contribution < -0.4 is 10.6 Å². The number of amides is 4. The molecule has 1 heterocycles. The zero-order chi connectivity index (χ0) is 18.9. The molecule has 0 saturated carbocycles. The topological polar surface area (TPSA) is 98.7 Å². The van der Waals surface area contributed by atoms with Gasteiger partial charge in [-0.25, -0.2) is 4.79 Å². The van der Waals surface area contributed by atoms with E-state index in [9.17, 15) is 19.5 Å². The van der Waals surface area contributed by atoms with Gasteiger partial charge < -0.3 is 15.7 Å². The van der Waals surface area contributed by atoms with Crippen molar-refractivity contribution in [3.63, 3.8) is 0 Å². The Morgan fingerprint density at radius 3 is 2.73 bits per heavy atom. The van der Waals surface area contributed by atoms with Crippen LogP contribution in [0, 0.1) is 0 Å². The molecular weight excluding hydrogens is 354 g/mol. The van der Waals surface area contributed by atoms with Gasteiger partial charge in [-0.1, -0.05) is 30.3 Å². The average Bonchev–Trinajstić information content (AvgIpc) is 2.91. The average molecular weight is 379 g/mol. The summed E-state index contributed by atoms with van der Waals surface area (Å²) in [5.74, 6) is 0.304. The van der Waals surface area contributed by atoms with Crippen molar-refractivity contribution < 1.29 is 19.5 Å². The third kappa shape index (κ3) is 5.74. The Hall–Kier alpha value is -2.06. The normalized spacial score (nSPS) is 17.9. The SMILES string of the molecule is CSCC[C@H](CO)NC(=O)CC[C@H]1NC(=O)N(Cc2ccccc2)C1=O. The van der Waals surface area contributed by atoms with E-state index in [-0.39, 0.29) is 43.8 Å². The molecule has 2 atom stereocenters. The zero-order valence-electron chi connectivity index (χ0n) is 14.8. The molecule has 0 aromatic heterocycles. The summed E-state index contributed by atoms with van der Waals surface area (Å²) < 4.78 is 0. The maximum atomic E-state index is 12.4. The number of benzene rings is 1. The highest BCUT2D eigenvalue weighted by Gasteiger charge is 2.37. The second-order valence-corrected chi connectivity index (χ2v) is 7.16. The van der Waals surface area contributed by atoms with E-state index in [2.05, 4.69) is 10.6 Å². The van der Waals surface area contributed by atoms with E-state index < -0.39 is 12.1 Å². The lowest BCUT2D eigenvalue weighted by Gasteiger charge is -2.16. The monoisotopic (exact) mass is 379 g/mol. The largest absolute Gasteiger partial charge is 0.394 e. The van der Waals surface area contributed by atoms with Gasteiger partial charge in [0.15, 0.2) is 0 Å². The van der Waals surface area contributed by atoms with Crippen LogP contribution >= 0.6 is 11.8 Å². The fourth-order valence-electron chi connectivity index (χ4n) is 2.73. The first kappa shape index (κ1) is 20.3. The van der Waals surface area contributed by atoms with Gasteiger partial charge in [-0.05, 0) is 30.4 Å². The molecule has 1 fully saturated rings. The molecule has 8 heteroatoms. The Kier molecular flexibility index (Phi) is 7.93. The van der Waals surface area contributed by atoms with E-state index in [4.69, 9.17) is 0 Å². The zero-order valence-corrected chi connectivity index (χ0v) is 15.6. The van der Waals surface area contributed by atoms with Crippen LogP contribution in [0.25, 0.3) is 0 Å². The number of carbonyl (C=O) groups is 3. The maximum Gasteiger partial charge on any atom is 0.325 e. The van der Waals surface area contributed by atoms with Gasteiger partial charge in [0.2, 0.25) is 5.91 Å². The third-order valence-electron chi connectivity index (χ3n) is 4.21. The van der Waals surface area contributed by atoms with Gasteiger partial charge in [-0.3, -0.25) is 14.5 Å². The molecule has 2 rings (SSSR count). The van der Waals surface area contributed by atoms with E-state index in [1.807, 2.05) is 36.6 Å². The Morgan fingerprint density at radius 1 is 1.35 bits per heavy atom. The maximum absolute atomic E-state index is 12.4. The van der Waals surface area contributed by atoms with Crippen LogP contribution in [0.4, 0.5) is 4.79 Å². The van der Waals surface area contributed by atoms with E-state index in [1.54, 1.807) is 11.8 Å². The van der Waals surface area contributed by atoms with Crippen LogP contribution in [-0.2, 0) is 16.1 Å².